The fourth-order valence-electron chi connectivity index (χ4n) is 2.25. The van der Waals surface area contributed by atoms with Gasteiger partial charge in [0.05, 0.1) is 4.32 Å². The quantitative estimate of drug-likeness (QED) is 0.789. The predicted molar refractivity (Wildman–Crippen MR) is 67.1 cm³/mol. The van der Waals surface area contributed by atoms with Crippen LogP contribution in [0, 0.1) is 16.7 Å². The topological polar surface area (TPSA) is 29.1 Å². The van der Waals surface area contributed by atoms with Gasteiger partial charge in [-0.3, -0.25) is 4.79 Å². The van der Waals surface area contributed by atoms with Crippen molar-refractivity contribution in [2.75, 3.05) is 6.54 Å². The highest BCUT2D eigenvalue weighted by Crippen LogP contribution is 2.67. The number of nitrogens with one attached hydrogen (secondary N) is 1. The molecule has 1 amide bonds. The molecule has 0 heterocycles. The largest absolute Gasteiger partial charge is 0.355 e. The molecular formula is C12H22BrNO. The van der Waals surface area contributed by atoms with E-state index < -0.39 is 4.32 Å². The van der Waals surface area contributed by atoms with Gasteiger partial charge < -0.3 is 5.32 Å². The Morgan fingerprint density at radius 3 is 1.93 bits per heavy atom. The summed E-state index contributed by atoms with van der Waals surface area (Å²) in [7, 11) is 0. The molecule has 2 nitrogen and oxygen atoms in total. The first-order valence-corrected chi connectivity index (χ1v) is 6.28. The normalized spacial score (nSPS) is 23.7. The SMILES string of the molecule is CC(C)(Br)C(=O)NCC1C(C)(C)C1(C)C. The first-order valence-electron chi connectivity index (χ1n) is 5.48. The third-order valence-electron chi connectivity index (χ3n) is 4.33. The molecule has 0 bridgehead atoms. The number of halogens is 1. The zero-order chi connectivity index (χ0) is 12.1. The van der Waals surface area contributed by atoms with Crippen molar-refractivity contribution in [2.45, 2.75) is 45.9 Å². The van der Waals surface area contributed by atoms with Crippen LogP contribution in [0.25, 0.3) is 0 Å². The van der Waals surface area contributed by atoms with Gasteiger partial charge in [0.2, 0.25) is 5.91 Å². The monoisotopic (exact) mass is 275 g/mol. The summed E-state index contributed by atoms with van der Waals surface area (Å²) in [5, 5.41) is 3.01. The molecule has 1 fully saturated rings. The van der Waals surface area contributed by atoms with Gasteiger partial charge in [-0.2, -0.15) is 0 Å². The minimum absolute atomic E-state index is 0.0704. The molecule has 0 aromatic rings. The summed E-state index contributed by atoms with van der Waals surface area (Å²) in [6.07, 6.45) is 0. The maximum Gasteiger partial charge on any atom is 0.236 e. The summed E-state index contributed by atoms with van der Waals surface area (Å²) in [4.78, 5) is 11.7. The predicted octanol–water partition coefficient (Wildman–Crippen LogP) is 2.96. The average Bonchev–Trinajstić information content (AvgIpc) is 2.38. The van der Waals surface area contributed by atoms with Gasteiger partial charge in [0, 0.05) is 6.54 Å². The lowest BCUT2D eigenvalue weighted by Crippen LogP contribution is -2.39. The van der Waals surface area contributed by atoms with Crippen molar-refractivity contribution in [3.05, 3.63) is 0 Å². The highest BCUT2D eigenvalue weighted by atomic mass is 79.9. The van der Waals surface area contributed by atoms with Crippen LogP contribution in [-0.2, 0) is 4.79 Å². The van der Waals surface area contributed by atoms with Gasteiger partial charge in [-0.1, -0.05) is 43.6 Å². The first-order chi connectivity index (χ1) is 6.51. The van der Waals surface area contributed by atoms with Crippen LogP contribution in [0.5, 0.6) is 0 Å². The summed E-state index contributed by atoms with van der Waals surface area (Å²) >= 11 is 3.36. The Morgan fingerprint density at radius 2 is 1.67 bits per heavy atom. The molecule has 1 aliphatic carbocycles. The lowest BCUT2D eigenvalue weighted by atomic mass is 10.0. The maximum atomic E-state index is 11.7. The molecule has 1 aliphatic rings. The lowest BCUT2D eigenvalue weighted by Gasteiger charge is -2.16. The molecule has 3 heteroatoms. The Morgan fingerprint density at radius 1 is 1.27 bits per heavy atom. The highest BCUT2D eigenvalue weighted by molar-refractivity contribution is 9.10. The molecule has 0 aliphatic heterocycles. The molecule has 0 radical (unpaired) electrons. The third-order valence-corrected chi connectivity index (χ3v) is 4.69. The van der Waals surface area contributed by atoms with Gasteiger partial charge in [0.1, 0.15) is 0 Å². The van der Waals surface area contributed by atoms with E-state index in [-0.39, 0.29) is 5.91 Å². The van der Waals surface area contributed by atoms with E-state index in [1.807, 2.05) is 13.8 Å². The number of rotatable bonds is 3. The molecule has 0 atom stereocenters. The van der Waals surface area contributed by atoms with Gasteiger partial charge in [-0.25, -0.2) is 0 Å². The second-order valence-electron chi connectivity index (χ2n) is 6.18. The van der Waals surface area contributed by atoms with Crippen LogP contribution in [-0.4, -0.2) is 16.8 Å². The maximum absolute atomic E-state index is 11.7. The van der Waals surface area contributed by atoms with Crippen molar-refractivity contribution in [3.63, 3.8) is 0 Å². The van der Waals surface area contributed by atoms with E-state index in [0.29, 0.717) is 16.7 Å². The number of amides is 1. The lowest BCUT2D eigenvalue weighted by molar-refractivity contribution is -0.122. The van der Waals surface area contributed by atoms with Crippen LogP contribution in [0.3, 0.4) is 0 Å². The van der Waals surface area contributed by atoms with Crippen LogP contribution in [0.15, 0.2) is 0 Å². The number of hydrogen-bond acceptors (Lipinski definition) is 1. The van der Waals surface area contributed by atoms with Crippen LogP contribution < -0.4 is 5.32 Å². The van der Waals surface area contributed by atoms with E-state index in [2.05, 4.69) is 48.9 Å². The molecule has 1 saturated carbocycles. The fraction of sp³-hybridized carbons (Fsp3) is 0.917. The van der Waals surface area contributed by atoms with Crippen molar-refractivity contribution >= 4 is 21.8 Å². The molecule has 0 aromatic carbocycles. The van der Waals surface area contributed by atoms with Crippen molar-refractivity contribution in [3.8, 4) is 0 Å². The smallest absolute Gasteiger partial charge is 0.236 e. The van der Waals surface area contributed by atoms with E-state index in [9.17, 15) is 4.79 Å². The summed E-state index contributed by atoms with van der Waals surface area (Å²) in [6.45, 7) is 13.6. The van der Waals surface area contributed by atoms with Gasteiger partial charge in [0.15, 0.2) is 0 Å². The zero-order valence-electron chi connectivity index (χ0n) is 10.6. The summed E-state index contributed by atoms with van der Waals surface area (Å²) < 4.78 is -0.462. The fourth-order valence-corrected chi connectivity index (χ4v) is 2.39. The molecule has 1 rings (SSSR count). The van der Waals surface area contributed by atoms with Gasteiger partial charge in [-0.15, -0.1) is 0 Å². The Balaban J connectivity index is 2.45. The molecule has 0 unspecified atom stereocenters. The Hall–Kier alpha value is -0.0500. The molecule has 0 saturated heterocycles. The van der Waals surface area contributed by atoms with E-state index in [0.717, 1.165) is 6.54 Å². The average molecular weight is 276 g/mol. The van der Waals surface area contributed by atoms with Crippen molar-refractivity contribution < 1.29 is 4.79 Å². The molecular weight excluding hydrogens is 254 g/mol. The minimum atomic E-state index is -0.462. The summed E-state index contributed by atoms with van der Waals surface area (Å²) in [5.41, 5.74) is 0.688. The molecule has 0 aromatic heterocycles. The van der Waals surface area contributed by atoms with Crippen molar-refractivity contribution in [1.29, 1.82) is 0 Å². The van der Waals surface area contributed by atoms with Crippen LogP contribution in [0.2, 0.25) is 0 Å². The number of alkyl halides is 1. The van der Waals surface area contributed by atoms with E-state index >= 15 is 0 Å². The third kappa shape index (κ3) is 2.22. The standard InChI is InChI=1S/C12H22BrNO/c1-10(2)8(11(10,3)4)7-14-9(15)12(5,6)13/h8H,7H2,1-6H3,(H,14,15). The Kier molecular flexibility index (Phi) is 3.01. The second kappa shape index (κ2) is 3.47. The number of carbonyl (C=O) groups excluding carboxylic acids is 1. The van der Waals surface area contributed by atoms with Gasteiger partial charge in [-0.05, 0) is 30.6 Å². The first kappa shape index (κ1) is 13.0. The second-order valence-corrected chi connectivity index (χ2v) is 8.16. The van der Waals surface area contributed by atoms with Crippen LogP contribution in [0.4, 0.5) is 0 Å². The molecule has 0 spiro atoms. The summed E-state index contributed by atoms with van der Waals surface area (Å²) in [6, 6.07) is 0. The van der Waals surface area contributed by atoms with E-state index in [1.165, 1.54) is 0 Å². The van der Waals surface area contributed by atoms with Crippen LogP contribution >= 0.6 is 15.9 Å². The van der Waals surface area contributed by atoms with Crippen molar-refractivity contribution in [2.24, 2.45) is 16.7 Å². The van der Waals surface area contributed by atoms with Gasteiger partial charge in [0.25, 0.3) is 0 Å². The number of carbonyl (C=O) groups is 1. The number of hydrogen-bond donors (Lipinski definition) is 1. The highest BCUT2D eigenvalue weighted by Gasteiger charge is 2.64. The zero-order valence-corrected chi connectivity index (χ0v) is 12.2. The molecule has 1 N–H and O–H groups in total. The van der Waals surface area contributed by atoms with Crippen molar-refractivity contribution in [1.82, 2.24) is 5.32 Å². The Bertz CT molecular complexity index is 262. The molecule has 15 heavy (non-hydrogen) atoms. The van der Waals surface area contributed by atoms with Gasteiger partial charge >= 0.3 is 0 Å². The van der Waals surface area contributed by atoms with E-state index in [4.69, 9.17) is 0 Å². The van der Waals surface area contributed by atoms with Crippen LogP contribution in [0.1, 0.15) is 41.5 Å². The Labute approximate surface area is 101 Å². The van der Waals surface area contributed by atoms with E-state index in [1.54, 1.807) is 0 Å². The minimum Gasteiger partial charge on any atom is -0.355 e. The molecule has 88 valence electrons. The summed E-state index contributed by atoms with van der Waals surface area (Å²) in [5.74, 6) is 0.657.